The zero-order valence-electron chi connectivity index (χ0n) is 19.2. The van der Waals surface area contributed by atoms with E-state index in [0.29, 0.717) is 29.7 Å². The molecular formula is C26H27N5O2. The highest BCUT2D eigenvalue weighted by molar-refractivity contribution is 5.57. The van der Waals surface area contributed by atoms with Gasteiger partial charge in [-0.25, -0.2) is 9.67 Å². The van der Waals surface area contributed by atoms with Crippen molar-refractivity contribution in [3.05, 3.63) is 88.8 Å². The molecule has 2 aromatic carbocycles. The molecule has 1 aliphatic heterocycles. The van der Waals surface area contributed by atoms with Gasteiger partial charge in [0.2, 0.25) is 11.8 Å². The Labute approximate surface area is 192 Å². The van der Waals surface area contributed by atoms with Crippen molar-refractivity contribution in [1.82, 2.24) is 19.3 Å². The molecule has 4 aromatic rings. The average molecular weight is 442 g/mol. The SMILES string of the molecule is COc1ccc(C2c3c(C)nn(-c4ccccc4)c3Oc3ncn(CC(C)C)c(=N)c32)cc1. The third kappa shape index (κ3) is 3.59. The van der Waals surface area contributed by atoms with E-state index in [-0.39, 0.29) is 5.92 Å². The summed E-state index contributed by atoms with van der Waals surface area (Å²) in [4.78, 5) is 4.64. The Morgan fingerprint density at radius 1 is 1.06 bits per heavy atom. The molecule has 5 rings (SSSR count). The minimum atomic E-state index is -0.230. The molecular weight excluding hydrogens is 414 g/mol. The molecule has 3 heterocycles. The topological polar surface area (TPSA) is 78.0 Å². The summed E-state index contributed by atoms with van der Waals surface area (Å²) in [5, 5.41) is 13.9. The average Bonchev–Trinajstić information content (AvgIpc) is 3.16. The predicted molar refractivity (Wildman–Crippen MR) is 125 cm³/mol. The van der Waals surface area contributed by atoms with Crippen LogP contribution in [0.2, 0.25) is 0 Å². The molecule has 0 saturated carbocycles. The number of para-hydroxylation sites is 1. The minimum Gasteiger partial charge on any atom is -0.497 e. The molecule has 7 nitrogen and oxygen atoms in total. The number of hydrogen-bond acceptors (Lipinski definition) is 5. The van der Waals surface area contributed by atoms with Crippen molar-refractivity contribution < 1.29 is 9.47 Å². The van der Waals surface area contributed by atoms with E-state index in [2.05, 4.69) is 18.8 Å². The first-order chi connectivity index (χ1) is 16.0. The van der Waals surface area contributed by atoms with Crippen LogP contribution in [0.4, 0.5) is 0 Å². The van der Waals surface area contributed by atoms with Crippen LogP contribution in [0, 0.1) is 18.3 Å². The normalized spacial score (nSPS) is 14.5. The Morgan fingerprint density at radius 3 is 2.45 bits per heavy atom. The highest BCUT2D eigenvalue weighted by Crippen LogP contribution is 2.47. The molecule has 33 heavy (non-hydrogen) atoms. The van der Waals surface area contributed by atoms with Crippen LogP contribution >= 0.6 is 0 Å². The Morgan fingerprint density at radius 2 is 1.79 bits per heavy atom. The molecule has 0 amide bonds. The minimum absolute atomic E-state index is 0.230. The summed E-state index contributed by atoms with van der Waals surface area (Å²) >= 11 is 0. The van der Waals surface area contributed by atoms with Gasteiger partial charge in [0.25, 0.3) is 0 Å². The predicted octanol–water partition coefficient (Wildman–Crippen LogP) is 4.81. The first kappa shape index (κ1) is 21.0. The summed E-state index contributed by atoms with van der Waals surface area (Å²) in [6.07, 6.45) is 1.70. The largest absolute Gasteiger partial charge is 0.497 e. The van der Waals surface area contributed by atoms with E-state index < -0.39 is 0 Å². The van der Waals surface area contributed by atoms with E-state index in [1.165, 1.54) is 0 Å². The summed E-state index contributed by atoms with van der Waals surface area (Å²) in [7, 11) is 1.66. The zero-order chi connectivity index (χ0) is 23.1. The molecule has 1 aliphatic rings. The fraction of sp³-hybridized carbons (Fsp3) is 0.269. The van der Waals surface area contributed by atoms with Gasteiger partial charge in [-0.3, -0.25) is 5.41 Å². The van der Waals surface area contributed by atoms with Crippen molar-refractivity contribution in [3.63, 3.8) is 0 Å². The van der Waals surface area contributed by atoms with E-state index in [9.17, 15) is 0 Å². The molecule has 0 bridgehead atoms. The molecule has 1 N–H and O–H groups in total. The summed E-state index contributed by atoms with van der Waals surface area (Å²) in [6.45, 7) is 6.97. The van der Waals surface area contributed by atoms with Gasteiger partial charge in [0, 0.05) is 6.54 Å². The second kappa shape index (κ2) is 8.24. The smallest absolute Gasteiger partial charge is 0.230 e. The van der Waals surface area contributed by atoms with Gasteiger partial charge in [-0.2, -0.15) is 5.10 Å². The van der Waals surface area contributed by atoms with Crippen molar-refractivity contribution in [2.45, 2.75) is 33.2 Å². The molecule has 2 aromatic heterocycles. The number of hydrogen-bond donors (Lipinski definition) is 1. The standard InChI is InChI=1S/C26H27N5O2/c1-16(2)14-30-15-28-25-23(24(30)27)22(18-10-12-20(32-4)13-11-18)21-17(3)29-31(26(21)33-25)19-8-6-5-7-9-19/h5-13,15-16,22,27H,14H2,1-4H3. The van der Waals surface area contributed by atoms with Crippen LogP contribution in [0.1, 0.15) is 42.1 Å². The number of nitrogens with zero attached hydrogens (tertiary/aromatic N) is 4. The maximum Gasteiger partial charge on any atom is 0.230 e. The lowest BCUT2D eigenvalue weighted by Gasteiger charge is -2.27. The maximum atomic E-state index is 9.05. The van der Waals surface area contributed by atoms with Gasteiger partial charge in [0.05, 0.1) is 35.5 Å². The molecule has 0 radical (unpaired) electrons. The molecule has 0 aliphatic carbocycles. The van der Waals surface area contributed by atoms with E-state index >= 15 is 0 Å². The highest BCUT2D eigenvalue weighted by atomic mass is 16.5. The van der Waals surface area contributed by atoms with Crippen molar-refractivity contribution >= 4 is 0 Å². The number of aryl methyl sites for hydroxylation is 1. The molecule has 0 fully saturated rings. The number of ether oxygens (including phenoxy) is 2. The Balaban J connectivity index is 1.76. The third-order valence-corrected chi connectivity index (χ3v) is 5.93. The van der Waals surface area contributed by atoms with Gasteiger partial charge >= 0.3 is 0 Å². The van der Waals surface area contributed by atoms with Gasteiger partial charge in [-0.15, -0.1) is 0 Å². The van der Waals surface area contributed by atoms with Crippen molar-refractivity contribution in [2.75, 3.05) is 7.11 Å². The fourth-order valence-corrected chi connectivity index (χ4v) is 4.44. The van der Waals surface area contributed by atoms with Crippen LogP contribution in [-0.4, -0.2) is 26.4 Å². The lowest BCUT2D eigenvalue weighted by atomic mass is 9.84. The lowest BCUT2D eigenvalue weighted by Crippen LogP contribution is -2.31. The number of fused-ring (bicyclic) bond motifs is 2. The zero-order valence-corrected chi connectivity index (χ0v) is 19.2. The van der Waals surface area contributed by atoms with Crippen LogP contribution in [0.25, 0.3) is 5.69 Å². The number of nitrogens with one attached hydrogen (secondary N) is 1. The molecule has 0 spiro atoms. The number of aromatic nitrogens is 4. The van der Waals surface area contributed by atoms with Gasteiger partial charge in [-0.1, -0.05) is 44.2 Å². The Kier molecular flexibility index (Phi) is 5.24. The van der Waals surface area contributed by atoms with Gasteiger partial charge < -0.3 is 14.0 Å². The van der Waals surface area contributed by atoms with Gasteiger partial charge in [0.1, 0.15) is 17.6 Å². The van der Waals surface area contributed by atoms with Crippen LogP contribution in [0.5, 0.6) is 17.5 Å². The van der Waals surface area contributed by atoms with E-state index in [1.807, 2.05) is 70.8 Å². The molecule has 168 valence electrons. The Bertz CT molecular complexity index is 1350. The van der Waals surface area contributed by atoms with Crippen molar-refractivity contribution in [2.24, 2.45) is 5.92 Å². The quantitative estimate of drug-likeness (QED) is 0.425. The van der Waals surface area contributed by atoms with Gasteiger partial charge in [0.15, 0.2) is 0 Å². The van der Waals surface area contributed by atoms with E-state index in [1.54, 1.807) is 13.4 Å². The first-order valence-electron chi connectivity index (χ1n) is 11.1. The second-order valence-electron chi connectivity index (χ2n) is 8.72. The molecule has 1 atom stereocenters. The highest BCUT2D eigenvalue weighted by Gasteiger charge is 2.37. The fourth-order valence-electron chi connectivity index (χ4n) is 4.44. The van der Waals surface area contributed by atoms with Crippen LogP contribution < -0.4 is 15.0 Å². The van der Waals surface area contributed by atoms with E-state index in [0.717, 1.165) is 33.8 Å². The maximum absolute atomic E-state index is 9.05. The lowest BCUT2D eigenvalue weighted by molar-refractivity contribution is 0.390. The molecule has 1 unspecified atom stereocenters. The monoisotopic (exact) mass is 441 g/mol. The van der Waals surface area contributed by atoms with Crippen LogP contribution in [0.15, 0.2) is 60.9 Å². The van der Waals surface area contributed by atoms with Crippen molar-refractivity contribution in [1.29, 1.82) is 5.41 Å². The summed E-state index contributed by atoms with van der Waals surface area (Å²) in [5.41, 5.74) is 4.93. The summed E-state index contributed by atoms with van der Waals surface area (Å²) in [6, 6.07) is 17.9. The summed E-state index contributed by atoms with van der Waals surface area (Å²) in [5.74, 6) is 2.04. The number of methoxy groups -OCH3 is 1. The van der Waals surface area contributed by atoms with Crippen molar-refractivity contribution in [3.8, 4) is 23.2 Å². The van der Waals surface area contributed by atoms with Gasteiger partial charge in [-0.05, 0) is 42.7 Å². The second-order valence-corrected chi connectivity index (χ2v) is 8.72. The van der Waals surface area contributed by atoms with E-state index in [4.69, 9.17) is 20.0 Å². The van der Waals surface area contributed by atoms with Crippen LogP contribution in [-0.2, 0) is 6.54 Å². The Hall–Kier alpha value is -3.87. The van der Waals surface area contributed by atoms with Crippen LogP contribution in [0.3, 0.4) is 0 Å². The number of benzene rings is 2. The number of rotatable bonds is 5. The summed E-state index contributed by atoms with van der Waals surface area (Å²) < 4.78 is 15.4. The third-order valence-electron chi connectivity index (χ3n) is 5.93. The molecule has 7 heteroatoms. The first-order valence-corrected chi connectivity index (χ1v) is 11.1. The molecule has 0 saturated heterocycles.